The number of rotatable bonds is 3. The second kappa shape index (κ2) is 6.04. The molecule has 0 radical (unpaired) electrons. The quantitative estimate of drug-likeness (QED) is 0.704. The Kier molecular flexibility index (Phi) is 5.29. The lowest BCUT2D eigenvalue weighted by Gasteiger charge is -2.10. The normalized spacial score (nSPS) is 10.6. The number of phenols is 1. The van der Waals surface area contributed by atoms with Gasteiger partial charge in [-0.15, -0.1) is 0 Å². The second-order valence-corrected chi connectivity index (χ2v) is 6.30. The largest absolute Gasteiger partial charge is 0.506 e. The van der Waals surface area contributed by atoms with E-state index in [9.17, 15) is 9.90 Å². The average Bonchev–Trinajstić information content (AvgIpc) is 2.19. The molecule has 88 valence electrons. The van der Waals surface area contributed by atoms with Crippen molar-refractivity contribution in [2.24, 2.45) is 5.92 Å². The highest BCUT2D eigenvalue weighted by atomic mass is 127. The molecule has 1 aromatic carbocycles. The Bertz CT molecular complexity index is 405. The molecule has 0 fully saturated rings. The van der Waals surface area contributed by atoms with Gasteiger partial charge in [-0.3, -0.25) is 4.79 Å². The van der Waals surface area contributed by atoms with Crippen molar-refractivity contribution in [1.82, 2.24) is 5.32 Å². The van der Waals surface area contributed by atoms with Crippen molar-refractivity contribution in [3.05, 3.63) is 24.8 Å². The van der Waals surface area contributed by atoms with Crippen LogP contribution in [0.15, 0.2) is 12.1 Å². The summed E-state index contributed by atoms with van der Waals surface area (Å²) < 4.78 is 1.63. The van der Waals surface area contributed by atoms with Gasteiger partial charge in [-0.25, -0.2) is 0 Å². The molecule has 1 aromatic rings. The SMILES string of the molecule is CC(C)CNC(=O)c1cc(I)cc(I)c1O. The predicted molar refractivity (Wildman–Crippen MR) is 80.7 cm³/mol. The number of nitrogens with one attached hydrogen (secondary N) is 1. The van der Waals surface area contributed by atoms with E-state index >= 15 is 0 Å². The number of benzene rings is 1. The lowest BCUT2D eigenvalue weighted by molar-refractivity contribution is 0.0946. The predicted octanol–water partition coefficient (Wildman–Crippen LogP) is 2.99. The van der Waals surface area contributed by atoms with E-state index in [0.29, 0.717) is 21.6 Å². The number of hydrogen-bond acceptors (Lipinski definition) is 2. The van der Waals surface area contributed by atoms with Gasteiger partial charge in [0, 0.05) is 10.1 Å². The molecule has 0 aliphatic carbocycles. The van der Waals surface area contributed by atoms with Crippen LogP contribution >= 0.6 is 45.2 Å². The number of hydrogen-bond donors (Lipinski definition) is 2. The Labute approximate surface area is 122 Å². The molecular weight excluding hydrogens is 432 g/mol. The van der Waals surface area contributed by atoms with Gasteiger partial charge in [0.1, 0.15) is 5.75 Å². The van der Waals surface area contributed by atoms with Crippen molar-refractivity contribution in [3.8, 4) is 5.75 Å². The van der Waals surface area contributed by atoms with Crippen LogP contribution in [0.1, 0.15) is 24.2 Å². The molecule has 0 aliphatic rings. The van der Waals surface area contributed by atoms with Gasteiger partial charge < -0.3 is 10.4 Å². The summed E-state index contributed by atoms with van der Waals surface area (Å²) in [6, 6.07) is 3.52. The maximum atomic E-state index is 11.8. The molecular formula is C11H13I2NO2. The first kappa shape index (κ1) is 14.0. The molecule has 2 N–H and O–H groups in total. The van der Waals surface area contributed by atoms with E-state index in [-0.39, 0.29) is 11.7 Å². The van der Waals surface area contributed by atoms with Gasteiger partial charge in [0.15, 0.2) is 0 Å². The number of aromatic hydroxyl groups is 1. The molecule has 16 heavy (non-hydrogen) atoms. The smallest absolute Gasteiger partial charge is 0.255 e. The van der Waals surface area contributed by atoms with E-state index in [0.717, 1.165) is 3.57 Å². The van der Waals surface area contributed by atoms with E-state index < -0.39 is 0 Å². The third kappa shape index (κ3) is 3.76. The molecule has 5 heteroatoms. The van der Waals surface area contributed by atoms with Crippen LogP contribution in [-0.4, -0.2) is 17.6 Å². The summed E-state index contributed by atoms with van der Waals surface area (Å²) in [5, 5.41) is 12.6. The molecule has 0 heterocycles. The Hall–Kier alpha value is -0.0500. The Morgan fingerprint density at radius 1 is 1.44 bits per heavy atom. The van der Waals surface area contributed by atoms with Crippen LogP contribution < -0.4 is 5.32 Å². The molecule has 0 unspecified atom stereocenters. The minimum atomic E-state index is -0.220. The maximum Gasteiger partial charge on any atom is 0.255 e. The van der Waals surface area contributed by atoms with Gasteiger partial charge in [-0.1, -0.05) is 13.8 Å². The lowest BCUT2D eigenvalue weighted by Crippen LogP contribution is -2.27. The van der Waals surface area contributed by atoms with Crippen molar-refractivity contribution in [3.63, 3.8) is 0 Å². The minimum Gasteiger partial charge on any atom is -0.506 e. The summed E-state index contributed by atoms with van der Waals surface area (Å²) in [7, 11) is 0. The number of carbonyl (C=O) groups excluding carboxylic acids is 1. The van der Waals surface area contributed by atoms with Gasteiger partial charge in [0.25, 0.3) is 5.91 Å². The first-order valence-corrected chi connectivity index (χ1v) is 7.03. The number of phenolic OH excluding ortho intramolecular Hbond substituents is 1. The zero-order valence-corrected chi connectivity index (χ0v) is 13.4. The molecule has 1 rings (SSSR count). The van der Waals surface area contributed by atoms with Crippen molar-refractivity contribution in [1.29, 1.82) is 0 Å². The number of carbonyl (C=O) groups is 1. The molecule has 0 aliphatic heterocycles. The fraction of sp³-hybridized carbons (Fsp3) is 0.364. The molecule has 0 saturated carbocycles. The first-order chi connectivity index (χ1) is 7.41. The zero-order valence-electron chi connectivity index (χ0n) is 9.05. The van der Waals surface area contributed by atoms with Crippen molar-refractivity contribution >= 4 is 51.1 Å². The van der Waals surface area contributed by atoms with E-state index in [1.807, 2.05) is 42.5 Å². The highest BCUT2D eigenvalue weighted by Gasteiger charge is 2.14. The monoisotopic (exact) mass is 445 g/mol. The van der Waals surface area contributed by atoms with Crippen molar-refractivity contribution in [2.75, 3.05) is 6.54 Å². The molecule has 0 spiro atoms. The fourth-order valence-electron chi connectivity index (χ4n) is 1.13. The van der Waals surface area contributed by atoms with E-state index in [2.05, 4.69) is 27.9 Å². The third-order valence-electron chi connectivity index (χ3n) is 1.94. The molecule has 0 bridgehead atoms. The van der Waals surface area contributed by atoms with Crippen LogP contribution in [0.5, 0.6) is 5.75 Å². The van der Waals surface area contributed by atoms with Gasteiger partial charge in [-0.2, -0.15) is 0 Å². The van der Waals surface area contributed by atoms with Crippen LogP contribution in [-0.2, 0) is 0 Å². The summed E-state index contributed by atoms with van der Waals surface area (Å²) in [6.45, 7) is 4.66. The third-order valence-corrected chi connectivity index (χ3v) is 3.39. The molecule has 3 nitrogen and oxygen atoms in total. The van der Waals surface area contributed by atoms with Crippen LogP contribution in [0.4, 0.5) is 0 Å². The van der Waals surface area contributed by atoms with Crippen molar-refractivity contribution < 1.29 is 9.90 Å². The van der Waals surface area contributed by atoms with Gasteiger partial charge in [0.2, 0.25) is 0 Å². The average molecular weight is 445 g/mol. The maximum absolute atomic E-state index is 11.8. The number of halogens is 2. The van der Waals surface area contributed by atoms with Gasteiger partial charge >= 0.3 is 0 Å². The van der Waals surface area contributed by atoms with E-state index in [1.165, 1.54) is 0 Å². The standard InChI is InChI=1S/C11H13I2NO2/c1-6(2)5-14-11(16)8-3-7(12)4-9(13)10(8)15/h3-4,6,15H,5H2,1-2H3,(H,14,16). The Morgan fingerprint density at radius 2 is 2.06 bits per heavy atom. The highest BCUT2D eigenvalue weighted by Crippen LogP contribution is 2.26. The molecule has 0 saturated heterocycles. The Morgan fingerprint density at radius 3 is 2.62 bits per heavy atom. The minimum absolute atomic E-state index is 0.0577. The van der Waals surface area contributed by atoms with E-state index in [4.69, 9.17) is 0 Å². The zero-order chi connectivity index (χ0) is 12.3. The van der Waals surface area contributed by atoms with Gasteiger partial charge in [-0.05, 0) is 63.2 Å². The molecule has 1 amide bonds. The van der Waals surface area contributed by atoms with Crippen LogP contribution in [0.3, 0.4) is 0 Å². The summed E-state index contributed by atoms with van der Waals surface area (Å²) in [5.74, 6) is 0.234. The van der Waals surface area contributed by atoms with E-state index in [1.54, 1.807) is 6.07 Å². The molecule has 0 aromatic heterocycles. The first-order valence-electron chi connectivity index (χ1n) is 4.88. The summed E-state index contributed by atoms with van der Waals surface area (Å²) >= 11 is 4.14. The summed E-state index contributed by atoms with van der Waals surface area (Å²) in [6.07, 6.45) is 0. The Balaban J connectivity index is 2.91. The van der Waals surface area contributed by atoms with Crippen molar-refractivity contribution in [2.45, 2.75) is 13.8 Å². The summed E-state index contributed by atoms with van der Waals surface area (Å²) in [4.78, 5) is 11.8. The topological polar surface area (TPSA) is 49.3 Å². The van der Waals surface area contributed by atoms with Crippen LogP contribution in [0.2, 0.25) is 0 Å². The van der Waals surface area contributed by atoms with Gasteiger partial charge in [0.05, 0.1) is 9.13 Å². The molecule has 0 atom stereocenters. The summed E-state index contributed by atoms with van der Waals surface area (Å²) in [5.41, 5.74) is 0.344. The van der Waals surface area contributed by atoms with Crippen LogP contribution in [0, 0.1) is 13.1 Å². The number of amides is 1. The fourth-order valence-corrected chi connectivity index (χ4v) is 2.98. The highest BCUT2D eigenvalue weighted by molar-refractivity contribution is 14.1. The van der Waals surface area contributed by atoms with Crippen LogP contribution in [0.25, 0.3) is 0 Å². The second-order valence-electron chi connectivity index (χ2n) is 3.89. The lowest BCUT2D eigenvalue weighted by atomic mass is 10.1.